The monoisotopic (exact) mass is 457 g/mol. The fraction of sp³-hybridized carbons (Fsp3) is 0.185. The number of aryl methyl sites for hydroxylation is 1. The third kappa shape index (κ3) is 4.00. The largest absolute Gasteiger partial charge is 0.494 e. The predicted octanol–water partition coefficient (Wildman–Crippen LogP) is 6.18. The van der Waals surface area contributed by atoms with Crippen LogP contribution < -0.4 is 4.74 Å². The van der Waals surface area contributed by atoms with E-state index in [0.717, 1.165) is 33.7 Å². The summed E-state index contributed by atoms with van der Waals surface area (Å²) in [6.45, 7) is 5.08. The Kier molecular flexibility index (Phi) is 5.65. The molecule has 0 aliphatic carbocycles. The molecule has 1 aliphatic heterocycles. The molecule has 0 saturated heterocycles. The van der Waals surface area contributed by atoms with Crippen molar-refractivity contribution in [3.8, 4) is 17.0 Å². The zero-order valence-corrected chi connectivity index (χ0v) is 19.3. The van der Waals surface area contributed by atoms with Crippen LogP contribution in [-0.2, 0) is 6.54 Å². The van der Waals surface area contributed by atoms with Gasteiger partial charge in [0.15, 0.2) is 0 Å². The summed E-state index contributed by atoms with van der Waals surface area (Å²) in [7, 11) is 0. The van der Waals surface area contributed by atoms with Gasteiger partial charge >= 0.3 is 0 Å². The number of aromatic nitrogens is 2. The van der Waals surface area contributed by atoms with Gasteiger partial charge in [-0.15, -0.1) is 0 Å². The molecule has 0 bridgehead atoms. The molecule has 0 fully saturated rings. The van der Waals surface area contributed by atoms with Crippen LogP contribution in [0.4, 0.5) is 0 Å². The van der Waals surface area contributed by atoms with Gasteiger partial charge in [-0.3, -0.25) is 9.89 Å². The summed E-state index contributed by atoms with van der Waals surface area (Å²) in [5, 5.41) is 8.24. The highest BCUT2D eigenvalue weighted by Crippen LogP contribution is 2.43. The summed E-state index contributed by atoms with van der Waals surface area (Å²) in [6.07, 6.45) is 0. The standard InChI is InChI=1S/C27H24ClN3O2/c1-3-33-22-14-10-20(11-15-22)26-23-24(19-8-4-17(2)5-9-19)29-30-25(23)27(32)31(26)16-18-6-12-21(28)13-7-18/h4-15,26H,3,16H2,1-2H3,(H,29,30). The molecule has 0 spiro atoms. The van der Waals surface area contributed by atoms with Crippen LogP contribution in [0.1, 0.15) is 45.7 Å². The quantitative estimate of drug-likeness (QED) is 0.376. The number of nitrogens with one attached hydrogen (secondary N) is 1. The molecule has 3 aromatic carbocycles. The highest BCUT2D eigenvalue weighted by Gasteiger charge is 2.42. The molecule has 6 heteroatoms. The van der Waals surface area contributed by atoms with Gasteiger partial charge in [0.05, 0.1) is 18.3 Å². The number of H-pyrrole nitrogens is 1. The van der Waals surface area contributed by atoms with E-state index in [1.807, 2.05) is 72.5 Å². The van der Waals surface area contributed by atoms with Crippen molar-refractivity contribution in [3.63, 3.8) is 0 Å². The van der Waals surface area contributed by atoms with Gasteiger partial charge in [-0.05, 0) is 49.2 Å². The minimum Gasteiger partial charge on any atom is -0.494 e. The van der Waals surface area contributed by atoms with E-state index in [1.54, 1.807) is 0 Å². The Morgan fingerprint density at radius 3 is 2.36 bits per heavy atom. The van der Waals surface area contributed by atoms with E-state index in [-0.39, 0.29) is 11.9 Å². The van der Waals surface area contributed by atoms with Gasteiger partial charge in [-0.2, -0.15) is 5.10 Å². The van der Waals surface area contributed by atoms with Crippen LogP contribution in [0.2, 0.25) is 5.02 Å². The lowest BCUT2D eigenvalue weighted by molar-refractivity contribution is 0.0730. The van der Waals surface area contributed by atoms with E-state index in [0.29, 0.717) is 23.9 Å². The van der Waals surface area contributed by atoms with E-state index < -0.39 is 0 Å². The molecule has 4 aromatic rings. The number of benzene rings is 3. The van der Waals surface area contributed by atoms with Gasteiger partial charge in [0.1, 0.15) is 11.4 Å². The average molecular weight is 458 g/mol. The normalized spacial score (nSPS) is 15.1. The Labute approximate surface area is 198 Å². The molecule has 2 heterocycles. The Balaban J connectivity index is 1.60. The molecule has 1 aromatic heterocycles. The topological polar surface area (TPSA) is 58.2 Å². The molecular formula is C27H24ClN3O2. The third-order valence-electron chi connectivity index (χ3n) is 5.96. The maximum Gasteiger partial charge on any atom is 0.273 e. The van der Waals surface area contributed by atoms with Crippen molar-refractivity contribution in [3.05, 3.63) is 106 Å². The minimum atomic E-state index is -0.270. The summed E-state index contributed by atoms with van der Waals surface area (Å²) in [4.78, 5) is 15.4. The molecule has 5 nitrogen and oxygen atoms in total. The number of hydrogen-bond acceptors (Lipinski definition) is 3. The Hall–Kier alpha value is -3.57. The minimum absolute atomic E-state index is 0.0651. The van der Waals surface area contributed by atoms with Crippen LogP contribution in [0.5, 0.6) is 5.75 Å². The van der Waals surface area contributed by atoms with Crippen LogP contribution in [0.25, 0.3) is 11.3 Å². The van der Waals surface area contributed by atoms with Crippen molar-refractivity contribution >= 4 is 17.5 Å². The lowest BCUT2D eigenvalue weighted by atomic mass is 9.95. The van der Waals surface area contributed by atoms with Crippen LogP contribution in [0.3, 0.4) is 0 Å². The van der Waals surface area contributed by atoms with E-state index in [2.05, 4.69) is 29.3 Å². The number of nitrogens with zero attached hydrogens (tertiary/aromatic N) is 2. The molecule has 166 valence electrons. The van der Waals surface area contributed by atoms with Crippen molar-refractivity contribution in [2.45, 2.75) is 26.4 Å². The van der Waals surface area contributed by atoms with E-state index >= 15 is 0 Å². The summed E-state index contributed by atoms with van der Waals surface area (Å²) in [5.74, 6) is 0.741. The third-order valence-corrected chi connectivity index (χ3v) is 6.21. The second-order valence-electron chi connectivity index (χ2n) is 8.19. The number of carbonyl (C=O) groups is 1. The number of fused-ring (bicyclic) bond motifs is 1. The first-order valence-corrected chi connectivity index (χ1v) is 11.4. The van der Waals surface area contributed by atoms with Gasteiger partial charge in [0.25, 0.3) is 5.91 Å². The maximum absolute atomic E-state index is 13.5. The van der Waals surface area contributed by atoms with Crippen LogP contribution in [0, 0.1) is 6.92 Å². The maximum atomic E-state index is 13.5. The van der Waals surface area contributed by atoms with Crippen molar-refractivity contribution in [1.82, 2.24) is 15.1 Å². The first kappa shape index (κ1) is 21.3. The molecule has 1 amide bonds. The molecular weight excluding hydrogens is 434 g/mol. The molecule has 1 unspecified atom stereocenters. The Bertz CT molecular complexity index is 1280. The van der Waals surface area contributed by atoms with Gasteiger partial charge in [-0.1, -0.05) is 65.7 Å². The average Bonchev–Trinajstić information content (AvgIpc) is 3.36. The molecule has 1 aliphatic rings. The predicted molar refractivity (Wildman–Crippen MR) is 130 cm³/mol. The van der Waals surface area contributed by atoms with Crippen molar-refractivity contribution in [2.75, 3.05) is 6.61 Å². The highest BCUT2D eigenvalue weighted by atomic mass is 35.5. The fourth-order valence-electron chi connectivity index (χ4n) is 4.34. The number of aromatic amines is 1. The molecule has 5 rings (SSSR count). The van der Waals surface area contributed by atoms with E-state index in [4.69, 9.17) is 16.3 Å². The molecule has 0 radical (unpaired) electrons. The van der Waals surface area contributed by atoms with Gasteiger partial charge in [0, 0.05) is 22.7 Å². The molecule has 33 heavy (non-hydrogen) atoms. The van der Waals surface area contributed by atoms with E-state index in [1.165, 1.54) is 5.56 Å². The summed E-state index contributed by atoms with van der Waals surface area (Å²) >= 11 is 6.07. The van der Waals surface area contributed by atoms with Crippen LogP contribution in [0.15, 0.2) is 72.8 Å². The van der Waals surface area contributed by atoms with Crippen molar-refractivity contribution in [2.24, 2.45) is 0 Å². The van der Waals surface area contributed by atoms with Crippen LogP contribution in [-0.4, -0.2) is 27.6 Å². The second-order valence-corrected chi connectivity index (χ2v) is 8.63. The SMILES string of the molecule is CCOc1ccc(C2c3c(-c4ccc(C)cc4)n[nH]c3C(=O)N2Cc2ccc(Cl)cc2)cc1. The zero-order chi connectivity index (χ0) is 22.9. The number of rotatable bonds is 6. The van der Waals surface area contributed by atoms with Crippen LogP contribution >= 0.6 is 11.6 Å². The smallest absolute Gasteiger partial charge is 0.273 e. The second kappa shape index (κ2) is 8.75. The van der Waals surface area contributed by atoms with Gasteiger partial charge in [-0.25, -0.2) is 0 Å². The number of hydrogen-bond donors (Lipinski definition) is 1. The molecule has 1 N–H and O–H groups in total. The summed E-state index contributed by atoms with van der Waals surface area (Å²) in [6, 6.07) is 23.5. The summed E-state index contributed by atoms with van der Waals surface area (Å²) < 4.78 is 5.63. The summed E-state index contributed by atoms with van der Waals surface area (Å²) in [5.41, 5.74) is 6.42. The number of amides is 1. The first-order chi connectivity index (χ1) is 16.0. The van der Waals surface area contributed by atoms with Crippen molar-refractivity contribution < 1.29 is 9.53 Å². The fourth-order valence-corrected chi connectivity index (χ4v) is 4.46. The Morgan fingerprint density at radius 1 is 1.00 bits per heavy atom. The van der Waals surface area contributed by atoms with Gasteiger partial charge < -0.3 is 9.64 Å². The molecule has 1 atom stereocenters. The molecule has 0 saturated carbocycles. The zero-order valence-electron chi connectivity index (χ0n) is 18.5. The lowest BCUT2D eigenvalue weighted by Gasteiger charge is -2.26. The van der Waals surface area contributed by atoms with Gasteiger partial charge in [0.2, 0.25) is 0 Å². The lowest BCUT2D eigenvalue weighted by Crippen LogP contribution is -2.29. The number of ether oxygens (including phenoxy) is 1. The van der Waals surface area contributed by atoms with E-state index in [9.17, 15) is 4.79 Å². The van der Waals surface area contributed by atoms with Crippen molar-refractivity contribution in [1.29, 1.82) is 0 Å². The Morgan fingerprint density at radius 2 is 1.70 bits per heavy atom. The highest BCUT2D eigenvalue weighted by molar-refractivity contribution is 6.30. The number of carbonyl (C=O) groups excluding carboxylic acids is 1. The number of halogens is 1. The first-order valence-electron chi connectivity index (χ1n) is 11.0.